The molecule has 2 aliphatic heterocycles. The fraction of sp³-hybridized carbons (Fsp3) is 0.900. The zero-order valence-corrected chi connectivity index (χ0v) is 8.24. The summed E-state index contributed by atoms with van der Waals surface area (Å²) in [6.45, 7) is 2.53. The van der Waals surface area contributed by atoms with Gasteiger partial charge in [0.1, 0.15) is 6.04 Å². The lowest BCUT2D eigenvalue weighted by molar-refractivity contribution is -0.139. The van der Waals surface area contributed by atoms with Crippen molar-refractivity contribution in [1.82, 2.24) is 5.32 Å². The van der Waals surface area contributed by atoms with Crippen LogP contribution >= 0.6 is 0 Å². The van der Waals surface area contributed by atoms with Crippen LogP contribution in [0.3, 0.4) is 0 Å². The molecule has 80 valence electrons. The molecule has 14 heavy (non-hydrogen) atoms. The first-order chi connectivity index (χ1) is 6.77. The van der Waals surface area contributed by atoms with Crippen molar-refractivity contribution in [3.63, 3.8) is 0 Å². The first-order valence-corrected chi connectivity index (χ1v) is 5.31. The smallest absolute Gasteiger partial charge is 0.320 e. The van der Waals surface area contributed by atoms with E-state index in [1.807, 2.05) is 0 Å². The number of hydrogen-bond acceptors (Lipinski definition) is 3. The summed E-state index contributed by atoms with van der Waals surface area (Å²) in [5.41, 5.74) is 0. The van der Waals surface area contributed by atoms with Gasteiger partial charge in [0.15, 0.2) is 0 Å². The maximum atomic E-state index is 10.7. The van der Waals surface area contributed by atoms with Crippen LogP contribution in [-0.2, 0) is 9.53 Å². The minimum atomic E-state index is -0.718. The monoisotopic (exact) mass is 199 g/mol. The molecule has 0 spiro atoms. The van der Waals surface area contributed by atoms with Gasteiger partial charge in [-0.2, -0.15) is 0 Å². The third-order valence-electron chi connectivity index (χ3n) is 3.33. The van der Waals surface area contributed by atoms with Crippen molar-refractivity contribution >= 4 is 5.97 Å². The molecule has 0 radical (unpaired) electrons. The third kappa shape index (κ3) is 2.07. The number of hydrogen-bond donors (Lipinski definition) is 2. The minimum absolute atomic E-state index is 0.332. The second-order valence-corrected chi connectivity index (χ2v) is 4.27. The van der Waals surface area contributed by atoms with Crippen molar-refractivity contribution in [2.45, 2.75) is 25.3 Å². The third-order valence-corrected chi connectivity index (χ3v) is 3.33. The number of rotatable bonds is 2. The zero-order chi connectivity index (χ0) is 9.97. The fourth-order valence-electron chi connectivity index (χ4n) is 2.45. The van der Waals surface area contributed by atoms with Crippen LogP contribution < -0.4 is 5.32 Å². The van der Waals surface area contributed by atoms with E-state index in [4.69, 9.17) is 9.84 Å². The minimum Gasteiger partial charge on any atom is -0.480 e. The maximum Gasteiger partial charge on any atom is 0.320 e. The molecule has 2 aliphatic rings. The molecule has 0 saturated carbocycles. The average molecular weight is 199 g/mol. The highest BCUT2D eigenvalue weighted by Crippen LogP contribution is 2.28. The molecule has 4 heteroatoms. The number of carboxylic acid groups (broad SMARTS) is 1. The standard InChI is InChI=1S/C10H17NO3/c12-10(13)9-4-8(5-11-9)7-2-1-3-14-6-7/h7-9,11H,1-6H2,(H,12,13). The van der Waals surface area contributed by atoms with Crippen molar-refractivity contribution in [2.75, 3.05) is 19.8 Å². The van der Waals surface area contributed by atoms with E-state index in [2.05, 4.69) is 5.32 Å². The van der Waals surface area contributed by atoms with Gasteiger partial charge >= 0.3 is 5.97 Å². The van der Waals surface area contributed by atoms with Crippen molar-refractivity contribution in [3.05, 3.63) is 0 Å². The quantitative estimate of drug-likeness (QED) is 0.679. The van der Waals surface area contributed by atoms with E-state index in [-0.39, 0.29) is 6.04 Å². The van der Waals surface area contributed by atoms with Gasteiger partial charge in [0.05, 0.1) is 0 Å². The van der Waals surface area contributed by atoms with E-state index in [9.17, 15) is 4.79 Å². The molecule has 2 heterocycles. The number of aliphatic carboxylic acids is 1. The summed E-state index contributed by atoms with van der Waals surface area (Å²) in [6, 6.07) is -0.332. The molecule has 0 aromatic heterocycles. The van der Waals surface area contributed by atoms with Gasteiger partial charge in [-0.25, -0.2) is 0 Å². The highest BCUT2D eigenvalue weighted by molar-refractivity contribution is 5.73. The first-order valence-electron chi connectivity index (χ1n) is 5.31. The molecular weight excluding hydrogens is 182 g/mol. The largest absolute Gasteiger partial charge is 0.480 e. The molecule has 3 atom stereocenters. The Morgan fingerprint density at radius 2 is 2.29 bits per heavy atom. The molecule has 2 rings (SSSR count). The van der Waals surface area contributed by atoms with Crippen LogP contribution in [0.2, 0.25) is 0 Å². The van der Waals surface area contributed by atoms with Crippen LogP contribution in [-0.4, -0.2) is 36.9 Å². The molecule has 0 bridgehead atoms. The highest BCUT2D eigenvalue weighted by atomic mass is 16.5. The molecule has 0 aromatic rings. The Kier molecular flexibility index (Phi) is 3.03. The topological polar surface area (TPSA) is 58.6 Å². The van der Waals surface area contributed by atoms with Crippen LogP contribution in [0.5, 0.6) is 0 Å². The molecule has 3 unspecified atom stereocenters. The van der Waals surface area contributed by atoms with Crippen molar-refractivity contribution < 1.29 is 14.6 Å². The van der Waals surface area contributed by atoms with Gasteiger partial charge in [-0.15, -0.1) is 0 Å². The molecule has 2 N–H and O–H groups in total. The van der Waals surface area contributed by atoms with Crippen molar-refractivity contribution in [1.29, 1.82) is 0 Å². The van der Waals surface area contributed by atoms with Crippen molar-refractivity contribution in [3.8, 4) is 0 Å². The molecule has 4 nitrogen and oxygen atoms in total. The van der Waals surface area contributed by atoms with Crippen LogP contribution in [0, 0.1) is 11.8 Å². The summed E-state index contributed by atoms with van der Waals surface area (Å²) < 4.78 is 5.42. The molecule has 0 amide bonds. The Hall–Kier alpha value is -0.610. The summed E-state index contributed by atoms with van der Waals surface area (Å²) in [6.07, 6.45) is 3.08. The van der Waals surface area contributed by atoms with Gasteiger partial charge in [0, 0.05) is 13.2 Å². The van der Waals surface area contributed by atoms with Crippen LogP contribution in [0.15, 0.2) is 0 Å². The number of carboxylic acids is 1. The van der Waals surface area contributed by atoms with E-state index in [1.54, 1.807) is 0 Å². The highest BCUT2D eigenvalue weighted by Gasteiger charge is 2.34. The molecule has 2 saturated heterocycles. The SMILES string of the molecule is O=C(O)C1CC(C2CCCOC2)CN1. The maximum absolute atomic E-state index is 10.7. The normalized spacial score (nSPS) is 38.4. The van der Waals surface area contributed by atoms with Gasteiger partial charge < -0.3 is 15.2 Å². The summed E-state index contributed by atoms with van der Waals surface area (Å²) in [5, 5.41) is 11.9. The Bertz CT molecular complexity index is 213. The van der Waals surface area contributed by atoms with E-state index in [1.165, 1.54) is 6.42 Å². The molecule has 0 aliphatic carbocycles. The first kappa shape index (κ1) is 9.93. The fourth-order valence-corrected chi connectivity index (χ4v) is 2.45. The van der Waals surface area contributed by atoms with E-state index < -0.39 is 5.97 Å². The predicted molar refractivity (Wildman–Crippen MR) is 51.1 cm³/mol. The van der Waals surface area contributed by atoms with E-state index >= 15 is 0 Å². The van der Waals surface area contributed by atoms with Gasteiger partial charge in [0.2, 0.25) is 0 Å². The second-order valence-electron chi connectivity index (χ2n) is 4.27. The summed E-state index contributed by atoms with van der Waals surface area (Å²) >= 11 is 0. The lowest BCUT2D eigenvalue weighted by Gasteiger charge is -2.26. The predicted octanol–water partition coefficient (Wildman–Crippen LogP) is 0.476. The Balaban J connectivity index is 1.85. The van der Waals surface area contributed by atoms with E-state index in [0.29, 0.717) is 11.8 Å². The molecular formula is C10H17NO3. The van der Waals surface area contributed by atoms with Gasteiger partial charge in [-0.1, -0.05) is 0 Å². The molecule has 2 fully saturated rings. The van der Waals surface area contributed by atoms with Crippen molar-refractivity contribution in [2.24, 2.45) is 11.8 Å². The second kappa shape index (κ2) is 4.28. The summed E-state index contributed by atoms with van der Waals surface area (Å²) in [7, 11) is 0. The summed E-state index contributed by atoms with van der Waals surface area (Å²) in [4.78, 5) is 10.7. The van der Waals surface area contributed by atoms with Gasteiger partial charge in [-0.3, -0.25) is 4.79 Å². The van der Waals surface area contributed by atoms with Crippen LogP contribution in [0.1, 0.15) is 19.3 Å². The van der Waals surface area contributed by atoms with E-state index in [0.717, 1.165) is 32.6 Å². The Morgan fingerprint density at radius 1 is 1.43 bits per heavy atom. The number of carbonyl (C=O) groups is 1. The molecule has 0 aromatic carbocycles. The lowest BCUT2D eigenvalue weighted by atomic mass is 9.86. The lowest BCUT2D eigenvalue weighted by Crippen LogP contribution is -2.30. The number of nitrogens with one attached hydrogen (secondary N) is 1. The van der Waals surface area contributed by atoms with Gasteiger partial charge in [-0.05, 0) is 37.6 Å². The van der Waals surface area contributed by atoms with Crippen LogP contribution in [0.25, 0.3) is 0 Å². The zero-order valence-electron chi connectivity index (χ0n) is 8.24. The average Bonchev–Trinajstić information content (AvgIpc) is 2.68. The Labute approximate surface area is 83.6 Å². The Morgan fingerprint density at radius 3 is 2.86 bits per heavy atom. The van der Waals surface area contributed by atoms with Gasteiger partial charge in [0.25, 0.3) is 0 Å². The summed E-state index contributed by atoms with van der Waals surface area (Å²) in [5.74, 6) is 0.348. The number of ether oxygens (including phenoxy) is 1. The van der Waals surface area contributed by atoms with Crippen LogP contribution in [0.4, 0.5) is 0 Å².